The van der Waals surface area contributed by atoms with Gasteiger partial charge in [-0.25, -0.2) is 0 Å². The quantitative estimate of drug-likeness (QED) is 0.0346. The first kappa shape index (κ1) is 63.1. The molecule has 0 aliphatic rings. The summed E-state index contributed by atoms with van der Waals surface area (Å²) in [5.74, 6) is -0.428. The van der Waals surface area contributed by atoms with Gasteiger partial charge in [-0.05, 0) is 83.5 Å². The molecule has 0 heterocycles. The molecule has 0 N–H and O–H groups in total. The molecule has 0 bridgehead atoms. The van der Waals surface area contributed by atoms with Crippen LogP contribution in [0.2, 0.25) is 0 Å². The molecule has 5 heteroatoms. The molecule has 0 aliphatic heterocycles. The van der Waals surface area contributed by atoms with Crippen molar-refractivity contribution in [2.24, 2.45) is 0 Å². The van der Waals surface area contributed by atoms with Gasteiger partial charge < -0.3 is 14.2 Å². The Morgan fingerprint density at radius 1 is 0.333 bits per heavy atom. The van der Waals surface area contributed by atoms with E-state index in [9.17, 15) is 9.59 Å². The number of ether oxygens (including phenoxy) is 3. The molecule has 66 heavy (non-hydrogen) atoms. The van der Waals surface area contributed by atoms with Crippen LogP contribution in [0.5, 0.6) is 0 Å². The Labute approximate surface area is 409 Å². The zero-order valence-electron chi connectivity index (χ0n) is 43.7. The highest BCUT2D eigenvalue weighted by atomic mass is 16.6. The van der Waals surface area contributed by atoms with E-state index in [1.807, 2.05) is 6.08 Å². The number of hydrogen-bond acceptors (Lipinski definition) is 5. The van der Waals surface area contributed by atoms with E-state index in [2.05, 4.69) is 99.8 Å². The van der Waals surface area contributed by atoms with Gasteiger partial charge in [-0.2, -0.15) is 0 Å². The second-order valence-corrected chi connectivity index (χ2v) is 18.5. The van der Waals surface area contributed by atoms with Gasteiger partial charge in [0.05, 0.1) is 0 Å². The smallest absolute Gasteiger partial charge is 0.306 e. The molecule has 0 aromatic heterocycles. The lowest BCUT2D eigenvalue weighted by Gasteiger charge is -2.18. The van der Waals surface area contributed by atoms with Crippen molar-refractivity contribution in [2.45, 2.75) is 271 Å². The van der Waals surface area contributed by atoms with E-state index in [1.54, 1.807) is 0 Å². The van der Waals surface area contributed by atoms with Crippen molar-refractivity contribution in [1.29, 1.82) is 0 Å². The Morgan fingerprint density at radius 3 is 1.08 bits per heavy atom. The van der Waals surface area contributed by atoms with E-state index in [1.165, 1.54) is 161 Å². The van der Waals surface area contributed by atoms with Crippen LogP contribution in [0.4, 0.5) is 0 Å². The van der Waals surface area contributed by atoms with E-state index >= 15 is 0 Å². The monoisotopic (exact) mass is 919 g/mol. The fourth-order valence-corrected chi connectivity index (χ4v) is 7.74. The first-order valence-electron chi connectivity index (χ1n) is 28.1. The Bertz CT molecular complexity index is 1220. The van der Waals surface area contributed by atoms with Crippen LogP contribution >= 0.6 is 0 Å². The van der Waals surface area contributed by atoms with Gasteiger partial charge in [0.25, 0.3) is 0 Å². The summed E-state index contributed by atoms with van der Waals surface area (Å²) in [5.41, 5.74) is 0. The number of unbranched alkanes of at least 4 members (excludes halogenated alkanes) is 26. The van der Waals surface area contributed by atoms with Crippen molar-refractivity contribution >= 4 is 11.9 Å². The van der Waals surface area contributed by atoms with Crippen molar-refractivity contribution in [3.63, 3.8) is 0 Å². The third-order valence-electron chi connectivity index (χ3n) is 12.0. The molecule has 0 fully saturated rings. The van der Waals surface area contributed by atoms with E-state index in [-0.39, 0.29) is 25.2 Å². The first-order valence-corrected chi connectivity index (χ1v) is 28.1. The van der Waals surface area contributed by atoms with Crippen molar-refractivity contribution in [3.8, 4) is 0 Å². The fourth-order valence-electron chi connectivity index (χ4n) is 7.74. The molecule has 0 saturated carbocycles. The van der Waals surface area contributed by atoms with Crippen molar-refractivity contribution < 1.29 is 23.8 Å². The highest BCUT2D eigenvalue weighted by molar-refractivity contribution is 5.70. The van der Waals surface area contributed by atoms with Crippen molar-refractivity contribution in [3.05, 3.63) is 85.1 Å². The number of carbonyl (C=O) groups is 2. The minimum atomic E-state index is -0.434. The number of esters is 2. The Balaban J connectivity index is 4.37. The van der Waals surface area contributed by atoms with Gasteiger partial charge in [0, 0.05) is 19.4 Å². The molecule has 1 atom stereocenters. The number of hydrogen-bond donors (Lipinski definition) is 0. The maximum Gasteiger partial charge on any atom is 0.306 e. The van der Waals surface area contributed by atoms with E-state index in [4.69, 9.17) is 14.2 Å². The summed E-state index contributed by atoms with van der Waals surface area (Å²) >= 11 is 0. The molecule has 0 aliphatic carbocycles. The lowest BCUT2D eigenvalue weighted by Crippen LogP contribution is -2.29. The Hall–Kier alpha value is -2.92. The lowest BCUT2D eigenvalue weighted by atomic mass is 10.0. The molecule has 0 radical (unpaired) electrons. The van der Waals surface area contributed by atoms with Crippen LogP contribution in [-0.4, -0.2) is 37.9 Å². The molecule has 0 aromatic carbocycles. The average Bonchev–Trinajstić information content (AvgIpc) is 3.32. The summed E-state index contributed by atoms with van der Waals surface area (Å²) in [4.78, 5) is 25.3. The highest BCUT2D eigenvalue weighted by Crippen LogP contribution is 2.15. The zero-order valence-corrected chi connectivity index (χ0v) is 43.7. The van der Waals surface area contributed by atoms with Crippen LogP contribution in [0, 0.1) is 0 Å². The normalized spacial score (nSPS) is 12.8. The standard InChI is InChI=1S/C61H106O5/c1-4-7-10-13-16-19-22-25-28-30-31-32-34-37-40-43-46-49-52-55-61(63)66-58-59(64-56-53-50-47-44-41-38-35-29-26-23-20-17-14-11-8-5-2)57-65-60(62)54-51-48-45-42-39-36-33-27-24-21-18-15-12-9-6-3/h7,10,16,19,21,24-25,28,31-32,37,40,46,49,59H,4-6,8-9,11-15,17-18,20,22-23,26-27,29-30,33-36,38-39,41-45,47-48,50-58H2,1-3H3/b10-7-,19-16-,24-21-,28-25-,32-31-,40-37-,49-46-/t59-/m0/s1. The molecule has 0 saturated heterocycles. The van der Waals surface area contributed by atoms with Crippen LogP contribution in [-0.2, 0) is 23.8 Å². The summed E-state index contributed by atoms with van der Waals surface area (Å²) < 4.78 is 17.4. The van der Waals surface area contributed by atoms with E-state index < -0.39 is 6.10 Å². The number of allylic oxidation sites excluding steroid dienone is 14. The molecule has 0 unspecified atom stereocenters. The SMILES string of the molecule is CC/C=C\C/C=C\C/C=C\C/C=C\C/C=C\C/C=C\CCC(=O)OC[C@H](COC(=O)CCCCCCCCC/C=C\CCCCCC)OCCCCCCCCCCCCCCCCCC. The third-order valence-corrected chi connectivity index (χ3v) is 12.0. The maximum atomic E-state index is 12.6. The number of rotatable bonds is 51. The molecule has 0 spiro atoms. The van der Waals surface area contributed by atoms with Gasteiger partial charge in [-0.15, -0.1) is 0 Å². The Kier molecular flexibility index (Phi) is 53.9. The largest absolute Gasteiger partial charge is 0.463 e. The molecular formula is C61H106O5. The minimum absolute atomic E-state index is 0.115. The van der Waals surface area contributed by atoms with Gasteiger partial charge in [-0.3, -0.25) is 9.59 Å². The minimum Gasteiger partial charge on any atom is -0.463 e. The molecular weight excluding hydrogens is 813 g/mol. The van der Waals surface area contributed by atoms with Gasteiger partial charge in [0.2, 0.25) is 0 Å². The molecule has 0 amide bonds. The summed E-state index contributed by atoms with van der Waals surface area (Å²) in [6.45, 7) is 7.54. The van der Waals surface area contributed by atoms with Gasteiger partial charge in [0.15, 0.2) is 0 Å². The molecule has 0 aromatic rings. The second-order valence-electron chi connectivity index (χ2n) is 18.5. The predicted molar refractivity (Wildman–Crippen MR) is 288 cm³/mol. The van der Waals surface area contributed by atoms with Crippen LogP contribution in [0.25, 0.3) is 0 Å². The molecule has 380 valence electrons. The van der Waals surface area contributed by atoms with Crippen LogP contribution in [0.3, 0.4) is 0 Å². The van der Waals surface area contributed by atoms with Gasteiger partial charge in [0.1, 0.15) is 19.3 Å². The third kappa shape index (κ3) is 53.7. The lowest BCUT2D eigenvalue weighted by molar-refractivity contribution is -0.155. The summed E-state index contributed by atoms with van der Waals surface area (Å²) in [7, 11) is 0. The molecule has 5 nitrogen and oxygen atoms in total. The molecule has 0 rings (SSSR count). The summed E-state index contributed by atoms with van der Waals surface area (Å²) in [5, 5.41) is 0. The first-order chi connectivity index (χ1) is 32.6. The maximum absolute atomic E-state index is 12.6. The Morgan fingerprint density at radius 2 is 0.652 bits per heavy atom. The van der Waals surface area contributed by atoms with Crippen LogP contribution in [0.15, 0.2) is 85.1 Å². The zero-order chi connectivity index (χ0) is 47.7. The predicted octanol–water partition coefficient (Wildman–Crippen LogP) is 19.2. The van der Waals surface area contributed by atoms with E-state index in [0.29, 0.717) is 25.9 Å². The topological polar surface area (TPSA) is 61.8 Å². The van der Waals surface area contributed by atoms with Gasteiger partial charge >= 0.3 is 11.9 Å². The summed E-state index contributed by atoms with van der Waals surface area (Å²) in [6.07, 6.45) is 74.9. The van der Waals surface area contributed by atoms with Crippen molar-refractivity contribution in [1.82, 2.24) is 0 Å². The van der Waals surface area contributed by atoms with Crippen molar-refractivity contribution in [2.75, 3.05) is 19.8 Å². The van der Waals surface area contributed by atoms with E-state index in [0.717, 1.165) is 64.2 Å². The fraction of sp³-hybridized carbons (Fsp3) is 0.738. The van der Waals surface area contributed by atoms with Crippen LogP contribution in [0.1, 0.15) is 265 Å². The highest BCUT2D eigenvalue weighted by Gasteiger charge is 2.16. The number of carbonyl (C=O) groups excluding carboxylic acids is 2. The summed E-state index contributed by atoms with van der Waals surface area (Å²) in [6, 6.07) is 0. The second kappa shape index (κ2) is 56.4. The average molecular weight is 920 g/mol. The van der Waals surface area contributed by atoms with Crippen LogP contribution < -0.4 is 0 Å². The van der Waals surface area contributed by atoms with Gasteiger partial charge in [-0.1, -0.05) is 254 Å².